The van der Waals surface area contributed by atoms with Gasteiger partial charge in [0.2, 0.25) is 0 Å². The minimum atomic E-state index is 0.246. The van der Waals surface area contributed by atoms with Crippen LogP contribution in [-0.2, 0) is 17.6 Å². The number of aryl methyl sites for hydroxylation is 2. The third kappa shape index (κ3) is 6.33. The molecule has 0 atom stereocenters. The number of hydrogen-bond acceptors (Lipinski definition) is 5. The van der Waals surface area contributed by atoms with Crippen molar-refractivity contribution in [3.63, 3.8) is 0 Å². The van der Waals surface area contributed by atoms with Crippen molar-refractivity contribution in [2.45, 2.75) is 64.4 Å². The number of ether oxygens (including phenoxy) is 1. The number of nitrogens with two attached hydrogens (primary N) is 1. The number of likely N-dealkylation sites (tertiary alicyclic amines) is 1. The average Bonchev–Trinajstić information content (AvgIpc) is 3.08. The first-order valence-electron chi connectivity index (χ1n) is 14.0. The van der Waals surface area contributed by atoms with Gasteiger partial charge in [0, 0.05) is 43.0 Å². The number of hydrogen-bond donors (Lipinski definition) is 1. The lowest BCUT2D eigenvalue weighted by Gasteiger charge is -2.29. The van der Waals surface area contributed by atoms with Crippen LogP contribution in [0.25, 0.3) is 16.7 Å². The van der Waals surface area contributed by atoms with Gasteiger partial charge in [-0.05, 0) is 105 Å². The van der Waals surface area contributed by atoms with Crippen molar-refractivity contribution in [1.82, 2.24) is 9.88 Å². The van der Waals surface area contributed by atoms with Crippen LogP contribution in [0.4, 0.5) is 5.69 Å². The predicted octanol–water partition coefficient (Wildman–Crippen LogP) is 6.51. The average molecular weight is 510 g/mol. The lowest BCUT2D eigenvalue weighted by atomic mass is 9.89. The fourth-order valence-corrected chi connectivity index (χ4v) is 5.72. The molecule has 0 radical (unpaired) electrons. The number of benzene rings is 2. The van der Waals surface area contributed by atoms with E-state index in [-0.39, 0.29) is 5.78 Å². The number of nitrogens with zero attached hydrogens (tertiary/aromatic N) is 2. The summed E-state index contributed by atoms with van der Waals surface area (Å²) in [5, 5.41) is 0. The SMILES string of the molecule is CC1=C(C(=O)CCCc2ccc(OC3CCN(C)CC3)cc2)c2cc(-c3cncc(N)c3)ccc2CCC1. The quantitative estimate of drug-likeness (QED) is 0.375. The fraction of sp³-hybridized carbons (Fsp3) is 0.394. The van der Waals surface area contributed by atoms with Crippen LogP contribution in [0.5, 0.6) is 5.75 Å². The van der Waals surface area contributed by atoms with Crippen molar-refractivity contribution in [2.75, 3.05) is 25.9 Å². The number of pyridine rings is 1. The van der Waals surface area contributed by atoms with Gasteiger partial charge in [-0.3, -0.25) is 9.78 Å². The Morgan fingerprint density at radius 1 is 1.03 bits per heavy atom. The highest BCUT2D eigenvalue weighted by Crippen LogP contribution is 2.35. The van der Waals surface area contributed by atoms with Gasteiger partial charge in [-0.15, -0.1) is 0 Å². The van der Waals surface area contributed by atoms with Crippen molar-refractivity contribution in [3.8, 4) is 16.9 Å². The number of aromatic nitrogens is 1. The van der Waals surface area contributed by atoms with Crippen molar-refractivity contribution in [1.29, 1.82) is 0 Å². The molecule has 38 heavy (non-hydrogen) atoms. The maximum atomic E-state index is 13.6. The van der Waals surface area contributed by atoms with E-state index < -0.39 is 0 Å². The maximum absolute atomic E-state index is 13.6. The molecule has 5 heteroatoms. The molecule has 0 amide bonds. The molecule has 0 unspecified atom stereocenters. The molecular formula is C33H39N3O2. The number of Topliss-reactive ketones (excluding diaryl/α,β-unsaturated/α-hetero) is 1. The highest BCUT2D eigenvalue weighted by atomic mass is 16.5. The van der Waals surface area contributed by atoms with E-state index in [0.29, 0.717) is 18.2 Å². The Balaban J connectivity index is 1.23. The molecule has 1 aliphatic heterocycles. The van der Waals surface area contributed by atoms with Crippen LogP contribution in [0.2, 0.25) is 0 Å². The largest absolute Gasteiger partial charge is 0.490 e. The molecule has 2 aliphatic rings. The lowest BCUT2D eigenvalue weighted by Crippen LogP contribution is -2.35. The molecule has 0 spiro atoms. The second-order valence-electron chi connectivity index (χ2n) is 10.9. The summed E-state index contributed by atoms with van der Waals surface area (Å²) < 4.78 is 6.19. The minimum Gasteiger partial charge on any atom is -0.490 e. The Morgan fingerprint density at radius 3 is 2.58 bits per heavy atom. The normalized spacial score (nSPS) is 16.7. The molecule has 1 fully saturated rings. The second-order valence-corrected chi connectivity index (χ2v) is 10.9. The lowest BCUT2D eigenvalue weighted by molar-refractivity contribution is -0.113. The second kappa shape index (κ2) is 12.0. The van der Waals surface area contributed by atoms with Gasteiger partial charge in [-0.25, -0.2) is 0 Å². The van der Waals surface area contributed by atoms with Crippen LogP contribution < -0.4 is 10.5 Å². The molecule has 2 N–H and O–H groups in total. The summed E-state index contributed by atoms with van der Waals surface area (Å²) in [4.78, 5) is 20.2. The molecule has 198 valence electrons. The van der Waals surface area contributed by atoms with E-state index in [1.807, 2.05) is 12.3 Å². The minimum absolute atomic E-state index is 0.246. The molecule has 2 heterocycles. The summed E-state index contributed by atoms with van der Waals surface area (Å²) >= 11 is 0. The Morgan fingerprint density at radius 2 is 1.82 bits per heavy atom. The van der Waals surface area contributed by atoms with Crippen LogP contribution in [-0.4, -0.2) is 41.9 Å². The number of fused-ring (bicyclic) bond motifs is 1. The summed E-state index contributed by atoms with van der Waals surface area (Å²) in [6.07, 6.45) is 11.2. The van der Waals surface area contributed by atoms with Crippen molar-refractivity contribution < 1.29 is 9.53 Å². The van der Waals surface area contributed by atoms with Crippen LogP contribution in [0.1, 0.15) is 62.1 Å². The summed E-state index contributed by atoms with van der Waals surface area (Å²) in [6, 6.07) is 16.8. The standard InChI is InChI=1S/C33H39N3O2/c1-23-5-3-7-25-11-12-26(27-19-28(34)22-35-21-27)20-31(25)33(23)32(37)8-4-6-24-9-13-29(14-10-24)38-30-15-17-36(2)18-16-30/h9-14,19-22,30H,3-8,15-18,34H2,1-2H3. The molecule has 1 aromatic heterocycles. The maximum Gasteiger partial charge on any atom is 0.163 e. The molecule has 5 rings (SSSR count). The Bertz CT molecular complexity index is 1300. The third-order valence-corrected chi connectivity index (χ3v) is 7.94. The van der Waals surface area contributed by atoms with E-state index in [9.17, 15) is 4.79 Å². The molecule has 2 aromatic carbocycles. The van der Waals surface area contributed by atoms with E-state index in [4.69, 9.17) is 10.5 Å². The first-order valence-corrected chi connectivity index (χ1v) is 14.0. The Hall–Kier alpha value is -3.44. The van der Waals surface area contributed by atoms with Gasteiger partial charge in [-0.1, -0.05) is 29.8 Å². The number of rotatable bonds is 8. The Kier molecular flexibility index (Phi) is 8.23. The van der Waals surface area contributed by atoms with Gasteiger partial charge >= 0.3 is 0 Å². The van der Waals surface area contributed by atoms with Gasteiger partial charge in [0.15, 0.2) is 5.78 Å². The molecule has 0 saturated carbocycles. The van der Waals surface area contributed by atoms with E-state index >= 15 is 0 Å². The highest BCUT2D eigenvalue weighted by Gasteiger charge is 2.22. The number of ketones is 1. The zero-order valence-corrected chi connectivity index (χ0v) is 22.7. The first kappa shape index (κ1) is 26.2. The highest BCUT2D eigenvalue weighted by molar-refractivity contribution is 6.22. The van der Waals surface area contributed by atoms with E-state index in [0.717, 1.165) is 86.0 Å². The third-order valence-electron chi connectivity index (χ3n) is 7.94. The monoisotopic (exact) mass is 509 g/mol. The van der Waals surface area contributed by atoms with Crippen LogP contribution in [0.15, 0.2) is 66.5 Å². The van der Waals surface area contributed by atoms with Gasteiger partial charge < -0.3 is 15.4 Å². The molecule has 1 aliphatic carbocycles. The number of piperidine rings is 1. The van der Waals surface area contributed by atoms with E-state index in [2.05, 4.69) is 66.3 Å². The summed E-state index contributed by atoms with van der Waals surface area (Å²) in [7, 11) is 2.17. The number of carbonyl (C=O) groups excluding carboxylic acids is 1. The van der Waals surface area contributed by atoms with Crippen LogP contribution in [0, 0.1) is 0 Å². The van der Waals surface area contributed by atoms with E-state index in [1.54, 1.807) is 6.20 Å². The molecule has 0 bridgehead atoms. The number of allylic oxidation sites excluding steroid dienone is 2. The predicted molar refractivity (Wildman–Crippen MR) is 155 cm³/mol. The number of anilines is 1. The smallest absolute Gasteiger partial charge is 0.163 e. The molecular weight excluding hydrogens is 470 g/mol. The van der Waals surface area contributed by atoms with Crippen molar-refractivity contribution >= 4 is 17.0 Å². The zero-order chi connectivity index (χ0) is 26.5. The van der Waals surface area contributed by atoms with Gasteiger partial charge in [-0.2, -0.15) is 0 Å². The molecule has 5 nitrogen and oxygen atoms in total. The number of carbonyl (C=O) groups is 1. The summed E-state index contributed by atoms with van der Waals surface area (Å²) in [6.45, 7) is 4.31. The topological polar surface area (TPSA) is 68.5 Å². The van der Waals surface area contributed by atoms with Crippen molar-refractivity contribution in [2.24, 2.45) is 0 Å². The van der Waals surface area contributed by atoms with Gasteiger partial charge in [0.05, 0.1) is 5.69 Å². The molecule has 3 aromatic rings. The first-order chi connectivity index (χ1) is 18.5. The zero-order valence-electron chi connectivity index (χ0n) is 22.7. The van der Waals surface area contributed by atoms with Gasteiger partial charge in [0.1, 0.15) is 11.9 Å². The Labute approximate surface area is 226 Å². The summed E-state index contributed by atoms with van der Waals surface area (Å²) in [5.74, 6) is 1.19. The summed E-state index contributed by atoms with van der Waals surface area (Å²) in [5.41, 5.74) is 14.3. The van der Waals surface area contributed by atoms with Crippen LogP contribution >= 0.6 is 0 Å². The van der Waals surface area contributed by atoms with Crippen molar-refractivity contribution in [3.05, 3.63) is 83.2 Å². The van der Waals surface area contributed by atoms with Crippen LogP contribution in [0.3, 0.4) is 0 Å². The molecule has 1 saturated heterocycles. The van der Waals surface area contributed by atoms with Gasteiger partial charge in [0.25, 0.3) is 0 Å². The fourth-order valence-electron chi connectivity index (χ4n) is 5.72. The van der Waals surface area contributed by atoms with E-state index in [1.165, 1.54) is 16.7 Å². The number of nitrogen functional groups attached to an aromatic ring is 1.